The normalized spacial score (nSPS) is 14.0. The molecule has 5 rings (SSSR count). The van der Waals surface area contributed by atoms with Gasteiger partial charge in [0.1, 0.15) is 29.6 Å². The van der Waals surface area contributed by atoms with Crippen LogP contribution >= 0.6 is 0 Å². The Balaban J connectivity index is 1.40. The number of anilines is 1. The van der Waals surface area contributed by atoms with Gasteiger partial charge >= 0.3 is 0 Å². The summed E-state index contributed by atoms with van der Waals surface area (Å²) in [4.78, 5) is 6.72. The van der Waals surface area contributed by atoms with Crippen LogP contribution in [-0.2, 0) is 0 Å². The number of hydrogen-bond acceptors (Lipinski definition) is 8. The van der Waals surface area contributed by atoms with Crippen molar-refractivity contribution in [2.75, 3.05) is 39.1 Å². The lowest BCUT2D eigenvalue weighted by Crippen LogP contribution is -2.33. The highest BCUT2D eigenvalue weighted by Crippen LogP contribution is 2.32. The molecule has 37 heavy (non-hydrogen) atoms. The fourth-order valence-corrected chi connectivity index (χ4v) is 4.55. The Hall–Kier alpha value is -4.05. The molecule has 0 radical (unpaired) electrons. The summed E-state index contributed by atoms with van der Waals surface area (Å²) in [5, 5.41) is 12.0. The summed E-state index contributed by atoms with van der Waals surface area (Å²) >= 11 is 0. The van der Waals surface area contributed by atoms with Crippen LogP contribution in [0.15, 0.2) is 48.7 Å². The minimum absolute atomic E-state index is 0.204. The van der Waals surface area contributed by atoms with Crippen molar-refractivity contribution in [3.63, 3.8) is 0 Å². The summed E-state index contributed by atoms with van der Waals surface area (Å²) in [6.45, 7) is 5.22. The lowest BCUT2D eigenvalue weighted by molar-refractivity contribution is 0.182. The van der Waals surface area contributed by atoms with E-state index in [0.717, 1.165) is 36.5 Å². The molecule has 3 heterocycles. The molecule has 1 saturated heterocycles. The number of rotatable bonds is 8. The molecule has 10 heteroatoms. The summed E-state index contributed by atoms with van der Waals surface area (Å²) < 4.78 is 28.1. The molecule has 4 aromatic rings. The number of nitrogens with two attached hydrogens (primary N) is 1. The number of ether oxygens (including phenoxy) is 2. The van der Waals surface area contributed by atoms with Gasteiger partial charge in [0.05, 0.1) is 12.7 Å². The molecule has 1 fully saturated rings. The Labute approximate surface area is 215 Å². The smallest absolute Gasteiger partial charge is 0.190 e. The van der Waals surface area contributed by atoms with Crippen molar-refractivity contribution in [1.82, 2.24) is 30.1 Å². The molecular weight excluding hydrogens is 473 g/mol. The Morgan fingerprint density at radius 3 is 2.57 bits per heavy atom. The minimum Gasteiger partial charge on any atom is -0.497 e. The second-order valence-corrected chi connectivity index (χ2v) is 9.07. The van der Waals surface area contributed by atoms with Crippen LogP contribution in [0.2, 0.25) is 0 Å². The maximum absolute atomic E-state index is 15.6. The maximum atomic E-state index is 15.6. The minimum atomic E-state index is -0.457. The molecule has 0 unspecified atom stereocenters. The second-order valence-electron chi connectivity index (χ2n) is 9.07. The van der Waals surface area contributed by atoms with Crippen LogP contribution in [0.25, 0.3) is 28.2 Å². The summed E-state index contributed by atoms with van der Waals surface area (Å²) in [5.41, 5.74) is 9.04. The molecule has 9 nitrogen and oxygen atoms in total. The number of piperidine rings is 1. The van der Waals surface area contributed by atoms with Crippen molar-refractivity contribution in [2.45, 2.75) is 26.2 Å². The lowest BCUT2D eigenvalue weighted by Gasteiger charge is -2.26. The average Bonchev–Trinajstić information content (AvgIpc) is 3.41. The van der Waals surface area contributed by atoms with Crippen LogP contribution in [0.1, 0.15) is 24.8 Å². The number of halogens is 1. The number of tetrazole rings is 1. The Bertz CT molecular complexity index is 1370. The first kappa shape index (κ1) is 24.6. The van der Waals surface area contributed by atoms with Gasteiger partial charge in [-0.2, -0.15) is 4.68 Å². The number of likely N-dealkylation sites (tertiary alicyclic amines) is 1. The zero-order valence-corrected chi connectivity index (χ0v) is 21.0. The van der Waals surface area contributed by atoms with Gasteiger partial charge in [0.15, 0.2) is 11.6 Å². The molecule has 192 valence electrons. The molecule has 2 aromatic carbocycles. The van der Waals surface area contributed by atoms with E-state index in [-0.39, 0.29) is 17.3 Å². The highest BCUT2D eigenvalue weighted by atomic mass is 19.1. The fourth-order valence-electron chi connectivity index (χ4n) is 4.55. The molecule has 0 aliphatic carbocycles. The number of aromatic nitrogens is 5. The molecule has 2 aromatic heterocycles. The topological polar surface area (TPSA) is 104 Å². The zero-order valence-electron chi connectivity index (χ0n) is 21.0. The van der Waals surface area contributed by atoms with Gasteiger partial charge in [-0.3, -0.25) is 4.90 Å². The molecular formula is C27H30FN7O2. The van der Waals surface area contributed by atoms with E-state index in [4.69, 9.17) is 15.2 Å². The van der Waals surface area contributed by atoms with Gasteiger partial charge in [0, 0.05) is 23.9 Å². The van der Waals surface area contributed by atoms with Crippen molar-refractivity contribution < 1.29 is 13.9 Å². The van der Waals surface area contributed by atoms with Crippen molar-refractivity contribution in [1.29, 1.82) is 0 Å². The van der Waals surface area contributed by atoms with E-state index in [1.807, 2.05) is 30.3 Å². The Kier molecular flexibility index (Phi) is 7.27. The van der Waals surface area contributed by atoms with E-state index in [0.29, 0.717) is 23.5 Å². The van der Waals surface area contributed by atoms with Crippen molar-refractivity contribution in [3.8, 4) is 39.7 Å². The third-order valence-corrected chi connectivity index (χ3v) is 6.71. The number of hydrogen-bond donors (Lipinski definition) is 1. The quantitative estimate of drug-likeness (QED) is 0.380. The third kappa shape index (κ3) is 5.24. The summed E-state index contributed by atoms with van der Waals surface area (Å²) in [6, 6.07) is 12.8. The number of benzene rings is 2. The molecule has 1 aliphatic heterocycles. The molecule has 0 saturated carbocycles. The summed E-state index contributed by atoms with van der Waals surface area (Å²) in [5.74, 6) is 1.33. The first-order valence-corrected chi connectivity index (χ1v) is 12.4. The average molecular weight is 504 g/mol. The SMILES string of the molecule is COc1ccc(-c2cnc(N)c(-c3nnnn3-c3ccc(OCCN4CCCCC4)c(C)c3F)c2)cc1. The highest BCUT2D eigenvalue weighted by Gasteiger charge is 2.20. The summed E-state index contributed by atoms with van der Waals surface area (Å²) in [7, 11) is 1.62. The van der Waals surface area contributed by atoms with Crippen LogP contribution in [0.5, 0.6) is 11.5 Å². The Morgan fingerprint density at radius 1 is 1.03 bits per heavy atom. The van der Waals surface area contributed by atoms with Crippen molar-refractivity contribution in [2.24, 2.45) is 0 Å². The number of pyridine rings is 1. The predicted octanol–water partition coefficient (Wildman–Crippen LogP) is 4.29. The van der Waals surface area contributed by atoms with Gasteiger partial charge in [-0.05, 0) is 79.2 Å². The third-order valence-electron chi connectivity index (χ3n) is 6.71. The molecule has 0 bridgehead atoms. The van der Waals surface area contributed by atoms with Crippen LogP contribution < -0.4 is 15.2 Å². The largest absolute Gasteiger partial charge is 0.497 e. The molecule has 0 amide bonds. The van der Waals surface area contributed by atoms with Crippen LogP contribution in [0.3, 0.4) is 0 Å². The number of nitrogen functional groups attached to an aromatic ring is 1. The van der Waals surface area contributed by atoms with E-state index >= 15 is 4.39 Å². The first-order valence-electron chi connectivity index (χ1n) is 12.4. The maximum Gasteiger partial charge on any atom is 0.190 e. The van der Waals surface area contributed by atoms with E-state index in [9.17, 15) is 0 Å². The number of nitrogens with zero attached hydrogens (tertiary/aromatic N) is 6. The predicted molar refractivity (Wildman–Crippen MR) is 139 cm³/mol. The fraction of sp³-hybridized carbons (Fsp3) is 0.333. The summed E-state index contributed by atoms with van der Waals surface area (Å²) in [6.07, 6.45) is 5.41. The second kappa shape index (κ2) is 10.9. The van der Waals surface area contributed by atoms with Crippen LogP contribution in [0, 0.1) is 12.7 Å². The lowest BCUT2D eigenvalue weighted by atomic mass is 10.0. The molecule has 2 N–H and O–H groups in total. The van der Waals surface area contributed by atoms with Gasteiger partial charge in [-0.1, -0.05) is 18.6 Å². The molecule has 0 atom stereocenters. The van der Waals surface area contributed by atoms with E-state index in [1.54, 1.807) is 32.4 Å². The van der Waals surface area contributed by atoms with Gasteiger partial charge < -0.3 is 15.2 Å². The number of methoxy groups -OCH3 is 1. The molecule has 0 spiro atoms. The molecule has 1 aliphatic rings. The first-order chi connectivity index (χ1) is 18.0. The van der Waals surface area contributed by atoms with Crippen LogP contribution in [0.4, 0.5) is 10.2 Å². The van der Waals surface area contributed by atoms with Gasteiger partial charge in [0.25, 0.3) is 0 Å². The zero-order chi connectivity index (χ0) is 25.8. The van der Waals surface area contributed by atoms with Gasteiger partial charge in [-0.15, -0.1) is 5.10 Å². The van der Waals surface area contributed by atoms with Gasteiger partial charge in [0.2, 0.25) is 0 Å². The monoisotopic (exact) mass is 503 g/mol. The standard InChI is InChI=1S/C27H30FN7O2/c1-18-24(37-15-14-34-12-4-3-5-13-34)11-10-23(25(18)28)35-27(31-32-33-35)22-16-20(17-30-26(22)29)19-6-8-21(36-2)9-7-19/h6-11,16-17H,3-5,12-15H2,1-2H3,(H2,29,30). The highest BCUT2D eigenvalue weighted by molar-refractivity contribution is 5.76. The van der Waals surface area contributed by atoms with E-state index in [2.05, 4.69) is 25.4 Å². The Morgan fingerprint density at radius 2 is 1.81 bits per heavy atom. The van der Waals surface area contributed by atoms with Crippen molar-refractivity contribution in [3.05, 3.63) is 60.0 Å². The van der Waals surface area contributed by atoms with Gasteiger partial charge in [-0.25, -0.2) is 9.37 Å². The van der Waals surface area contributed by atoms with E-state index < -0.39 is 5.82 Å². The van der Waals surface area contributed by atoms with E-state index in [1.165, 1.54) is 23.9 Å². The van der Waals surface area contributed by atoms with Crippen LogP contribution in [-0.4, -0.2) is 63.4 Å². The van der Waals surface area contributed by atoms with Crippen molar-refractivity contribution >= 4 is 5.82 Å².